The number of carbonyl (C=O) groups is 2. The van der Waals surface area contributed by atoms with E-state index >= 15 is 0 Å². The lowest BCUT2D eigenvalue weighted by molar-refractivity contribution is -0.122. The highest BCUT2D eigenvalue weighted by Gasteiger charge is 2.31. The molecule has 1 aromatic carbocycles. The van der Waals surface area contributed by atoms with Gasteiger partial charge in [-0.15, -0.1) is 0 Å². The van der Waals surface area contributed by atoms with E-state index in [0.717, 1.165) is 6.42 Å². The fraction of sp³-hybridized carbons (Fsp3) is 0.357. The largest absolute Gasteiger partial charge is 0.326 e. The number of benzene rings is 1. The molecular formula is C14H16FN3O2S. The molecule has 1 atom stereocenters. The first-order chi connectivity index (χ1) is 10.1. The minimum atomic E-state index is -0.471. The fourth-order valence-electron chi connectivity index (χ4n) is 1.74. The summed E-state index contributed by atoms with van der Waals surface area (Å²) in [5.74, 6) is -0.856. The second-order valence-electron chi connectivity index (χ2n) is 4.54. The average Bonchev–Trinajstić information content (AvgIpc) is 2.79. The summed E-state index contributed by atoms with van der Waals surface area (Å²) in [6.07, 6.45) is 0.953. The first-order valence-corrected chi connectivity index (χ1v) is 7.54. The van der Waals surface area contributed by atoms with Crippen LogP contribution in [0, 0.1) is 5.82 Å². The van der Waals surface area contributed by atoms with E-state index in [2.05, 4.69) is 15.6 Å². The van der Waals surface area contributed by atoms with E-state index in [-0.39, 0.29) is 24.1 Å². The van der Waals surface area contributed by atoms with Crippen LogP contribution in [0.2, 0.25) is 0 Å². The van der Waals surface area contributed by atoms with Crippen LogP contribution < -0.4 is 10.6 Å². The lowest BCUT2D eigenvalue weighted by Crippen LogP contribution is -2.28. The Labute approximate surface area is 126 Å². The highest BCUT2D eigenvalue weighted by atomic mass is 32.2. The van der Waals surface area contributed by atoms with Gasteiger partial charge in [0.05, 0.1) is 0 Å². The molecule has 0 spiro atoms. The number of nitrogens with zero attached hydrogens (tertiary/aromatic N) is 1. The van der Waals surface area contributed by atoms with E-state index in [9.17, 15) is 14.0 Å². The standard InChI is InChI=1S/C14H16FN3O2S/c1-2-7-16-14-18-13(20)11(21-14)8-12(19)17-10-5-3-9(15)4-6-10/h3-6,11H,2,7-8H2,1H3,(H,17,19)(H,16,18,20). The van der Waals surface area contributed by atoms with Crippen molar-refractivity contribution >= 4 is 34.4 Å². The molecule has 1 fully saturated rings. The number of halogens is 1. The summed E-state index contributed by atoms with van der Waals surface area (Å²) < 4.78 is 12.8. The molecular weight excluding hydrogens is 293 g/mol. The van der Waals surface area contributed by atoms with Crippen LogP contribution >= 0.6 is 11.8 Å². The van der Waals surface area contributed by atoms with Crippen molar-refractivity contribution in [2.75, 3.05) is 11.9 Å². The molecule has 1 aliphatic rings. The van der Waals surface area contributed by atoms with E-state index in [4.69, 9.17) is 0 Å². The predicted octanol–water partition coefficient (Wildman–Crippen LogP) is 2.15. The number of aliphatic imine (C=N–C) groups is 1. The minimum absolute atomic E-state index is 0.0546. The zero-order valence-electron chi connectivity index (χ0n) is 11.6. The molecule has 0 bridgehead atoms. The Hall–Kier alpha value is -1.89. The number of amidine groups is 1. The number of hydrogen-bond acceptors (Lipinski definition) is 4. The van der Waals surface area contributed by atoms with Crippen molar-refractivity contribution < 1.29 is 14.0 Å². The highest BCUT2D eigenvalue weighted by molar-refractivity contribution is 8.15. The summed E-state index contributed by atoms with van der Waals surface area (Å²) in [4.78, 5) is 27.8. The molecule has 1 heterocycles. The third-order valence-electron chi connectivity index (χ3n) is 2.75. The second kappa shape index (κ2) is 7.21. The van der Waals surface area contributed by atoms with Crippen LogP contribution in [-0.4, -0.2) is 28.8 Å². The number of thioether (sulfide) groups is 1. The molecule has 2 N–H and O–H groups in total. The van der Waals surface area contributed by atoms with Gasteiger partial charge in [-0.05, 0) is 30.7 Å². The van der Waals surface area contributed by atoms with Gasteiger partial charge in [-0.25, -0.2) is 4.39 Å². The van der Waals surface area contributed by atoms with Gasteiger partial charge in [0.25, 0.3) is 0 Å². The van der Waals surface area contributed by atoms with Gasteiger partial charge in [0.2, 0.25) is 11.8 Å². The van der Waals surface area contributed by atoms with Crippen molar-refractivity contribution in [3.63, 3.8) is 0 Å². The molecule has 1 saturated heterocycles. The molecule has 0 aromatic heterocycles. The monoisotopic (exact) mass is 309 g/mol. The molecule has 1 aromatic rings. The van der Waals surface area contributed by atoms with Crippen molar-refractivity contribution in [3.8, 4) is 0 Å². The Kier molecular flexibility index (Phi) is 5.32. The van der Waals surface area contributed by atoms with Gasteiger partial charge in [-0.2, -0.15) is 0 Å². The molecule has 112 valence electrons. The smallest absolute Gasteiger partial charge is 0.240 e. The van der Waals surface area contributed by atoms with Gasteiger partial charge in [-0.3, -0.25) is 14.6 Å². The number of rotatable bonds is 5. The number of nitrogens with one attached hydrogen (secondary N) is 2. The van der Waals surface area contributed by atoms with E-state index in [1.807, 2.05) is 6.92 Å². The lowest BCUT2D eigenvalue weighted by atomic mass is 10.2. The average molecular weight is 309 g/mol. The summed E-state index contributed by atoms with van der Waals surface area (Å²) in [7, 11) is 0. The van der Waals surface area contributed by atoms with Crippen LogP contribution in [0.3, 0.4) is 0 Å². The van der Waals surface area contributed by atoms with E-state index in [1.165, 1.54) is 36.0 Å². The van der Waals surface area contributed by atoms with Crippen LogP contribution in [0.1, 0.15) is 19.8 Å². The summed E-state index contributed by atoms with van der Waals surface area (Å²) in [6.45, 7) is 2.65. The van der Waals surface area contributed by atoms with Crippen LogP contribution in [0.5, 0.6) is 0 Å². The SMILES string of the molecule is CCCN=C1NC(=O)C(CC(=O)Nc2ccc(F)cc2)S1. The Morgan fingerprint density at radius 1 is 1.43 bits per heavy atom. The fourth-order valence-corrected chi connectivity index (χ4v) is 2.74. The number of carbonyl (C=O) groups excluding carboxylic acids is 2. The summed E-state index contributed by atoms with van der Waals surface area (Å²) >= 11 is 1.27. The molecule has 0 saturated carbocycles. The van der Waals surface area contributed by atoms with Crippen LogP contribution in [0.4, 0.5) is 10.1 Å². The maximum atomic E-state index is 12.8. The zero-order valence-corrected chi connectivity index (χ0v) is 12.4. The van der Waals surface area contributed by atoms with Gasteiger partial charge < -0.3 is 10.6 Å². The number of anilines is 1. The summed E-state index contributed by atoms with van der Waals surface area (Å²) in [5.41, 5.74) is 0.504. The van der Waals surface area contributed by atoms with Crippen molar-refractivity contribution in [1.82, 2.24) is 5.32 Å². The molecule has 0 radical (unpaired) electrons. The Bertz CT molecular complexity index is 560. The van der Waals surface area contributed by atoms with Crippen LogP contribution in [0.15, 0.2) is 29.3 Å². The molecule has 1 unspecified atom stereocenters. The van der Waals surface area contributed by atoms with Gasteiger partial charge in [0.15, 0.2) is 5.17 Å². The molecule has 1 aliphatic heterocycles. The maximum absolute atomic E-state index is 12.8. The summed E-state index contributed by atoms with van der Waals surface area (Å²) in [5, 5.41) is 5.40. The lowest BCUT2D eigenvalue weighted by Gasteiger charge is -2.07. The molecule has 5 nitrogen and oxygen atoms in total. The quantitative estimate of drug-likeness (QED) is 0.875. The zero-order chi connectivity index (χ0) is 15.2. The van der Waals surface area contributed by atoms with Gasteiger partial charge in [0, 0.05) is 18.7 Å². The van der Waals surface area contributed by atoms with Crippen molar-refractivity contribution in [2.24, 2.45) is 4.99 Å². The van der Waals surface area contributed by atoms with Crippen molar-refractivity contribution in [2.45, 2.75) is 25.0 Å². The van der Waals surface area contributed by atoms with Gasteiger partial charge in [-0.1, -0.05) is 18.7 Å². The molecule has 2 rings (SSSR count). The summed E-state index contributed by atoms with van der Waals surface area (Å²) in [6, 6.07) is 5.48. The van der Waals surface area contributed by atoms with E-state index in [0.29, 0.717) is 17.4 Å². The number of amides is 2. The van der Waals surface area contributed by atoms with Gasteiger partial charge >= 0.3 is 0 Å². The second-order valence-corrected chi connectivity index (χ2v) is 5.73. The Morgan fingerprint density at radius 3 is 2.81 bits per heavy atom. The topological polar surface area (TPSA) is 70.6 Å². The normalized spacial score (nSPS) is 19.6. The third-order valence-corrected chi connectivity index (χ3v) is 3.87. The van der Waals surface area contributed by atoms with Gasteiger partial charge in [0.1, 0.15) is 11.1 Å². The van der Waals surface area contributed by atoms with Crippen molar-refractivity contribution in [1.29, 1.82) is 0 Å². The predicted molar refractivity (Wildman–Crippen MR) is 81.8 cm³/mol. The first kappa shape index (κ1) is 15.5. The van der Waals surface area contributed by atoms with Crippen molar-refractivity contribution in [3.05, 3.63) is 30.1 Å². The Balaban J connectivity index is 1.88. The highest BCUT2D eigenvalue weighted by Crippen LogP contribution is 2.23. The first-order valence-electron chi connectivity index (χ1n) is 6.66. The molecule has 7 heteroatoms. The number of hydrogen-bond donors (Lipinski definition) is 2. The van der Waals surface area contributed by atoms with Crippen LogP contribution in [0.25, 0.3) is 0 Å². The minimum Gasteiger partial charge on any atom is -0.326 e. The molecule has 2 amide bonds. The Morgan fingerprint density at radius 2 is 2.14 bits per heavy atom. The third kappa shape index (κ3) is 4.56. The van der Waals surface area contributed by atoms with Crippen LogP contribution in [-0.2, 0) is 9.59 Å². The van der Waals surface area contributed by atoms with E-state index in [1.54, 1.807) is 0 Å². The molecule has 21 heavy (non-hydrogen) atoms. The maximum Gasteiger partial charge on any atom is 0.240 e. The molecule has 0 aliphatic carbocycles. The van der Waals surface area contributed by atoms with E-state index < -0.39 is 5.25 Å².